The molecule has 0 aromatic heterocycles. The largest absolute Gasteiger partial charge is 0.508 e. The van der Waals surface area contributed by atoms with E-state index in [-0.39, 0.29) is 11.7 Å². The van der Waals surface area contributed by atoms with Gasteiger partial charge in [-0.2, -0.15) is 0 Å². The van der Waals surface area contributed by atoms with Gasteiger partial charge in [-0.1, -0.05) is 63.3 Å². The lowest BCUT2D eigenvalue weighted by atomic mass is 10.0. The van der Waals surface area contributed by atoms with E-state index in [4.69, 9.17) is 4.74 Å². The van der Waals surface area contributed by atoms with Crippen LogP contribution in [0.2, 0.25) is 0 Å². The average molecular weight is 418 g/mol. The van der Waals surface area contributed by atoms with Crippen molar-refractivity contribution in [3.63, 3.8) is 0 Å². The zero-order valence-corrected chi connectivity index (χ0v) is 18.1. The van der Waals surface area contributed by atoms with Gasteiger partial charge in [0.05, 0.1) is 6.61 Å². The van der Waals surface area contributed by atoms with Gasteiger partial charge in [0.25, 0.3) is 5.91 Å². The molecule has 3 aromatic rings. The predicted molar refractivity (Wildman–Crippen MR) is 127 cm³/mol. The standard InChI is InChI=1S/C27H31NO3/c1-2-3-4-5-6-7-20-31-26-18-12-22(13-19-26)21-8-10-23(11-9-21)27(30)28-24-14-16-25(29)17-15-24/h8-19,29H,2-7,20H2,1H3,(H,28,30). The Labute approximate surface area is 184 Å². The maximum atomic E-state index is 12.4. The molecule has 3 rings (SSSR count). The highest BCUT2D eigenvalue weighted by Gasteiger charge is 2.07. The maximum absolute atomic E-state index is 12.4. The molecule has 1 amide bonds. The van der Waals surface area contributed by atoms with Gasteiger partial charge in [-0.15, -0.1) is 0 Å². The quantitative estimate of drug-likeness (QED) is 0.259. The molecule has 0 atom stereocenters. The minimum Gasteiger partial charge on any atom is -0.508 e. The lowest BCUT2D eigenvalue weighted by Gasteiger charge is -2.09. The lowest BCUT2D eigenvalue weighted by Crippen LogP contribution is -2.11. The van der Waals surface area contributed by atoms with Crippen LogP contribution in [0, 0.1) is 0 Å². The first-order valence-electron chi connectivity index (χ1n) is 11.1. The van der Waals surface area contributed by atoms with Crippen LogP contribution >= 0.6 is 0 Å². The first-order valence-corrected chi connectivity index (χ1v) is 11.1. The third-order valence-corrected chi connectivity index (χ3v) is 5.23. The van der Waals surface area contributed by atoms with E-state index in [9.17, 15) is 9.90 Å². The molecule has 31 heavy (non-hydrogen) atoms. The molecule has 4 heteroatoms. The molecule has 0 heterocycles. The molecule has 0 unspecified atom stereocenters. The number of carbonyl (C=O) groups is 1. The van der Waals surface area contributed by atoms with Gasteiger partial charge in [0.2, 0.25) is 0 Å². The minimum absolute atomic E-state index is 0.168. The van der Waals surface area contributed by atoms with E-state index in [0.29, 0.717) is 11.3 Å². The zero-order chi connectivity index (χ0) is 21.9. The molecule has 2 N–H and O–H groups in total. The molecule has 0 saturated carbocycles. The molecule has 4 nitrogen and oxygen atoms in total. The Morgan fingerprint density at radius 1 is 0.774 bits per heavy atom. The van der Waals surface area contributed by atoms with Crippen LogP contribution in [0.15, 0.2) is 72.8 Å². The first-order chi connectivity index (χ1) is 15.2. The number of unbranched alkanes of at least 4 members (excludes halogenated alkanes) is 5. The van der Waals surface area contributed by atoms with Gasteiger partial charge in [-0.05, 0) is 66.1 Å². The molecule has 0 radical (unpaired) electrons. The minimum atomic E-state index is -0.185. The van der Waals surface area contributed by atoms with Crippen LogP contribution in [0.4, 0.5) is 5.69 Å². The summed E-state index contributed by atoms with van der Waals surface area (Å²) in [4.78, 5) is 12.4. The lowest BCUT2D eigenvalue weighted by molar-refractivity contribution is 0.102. The molecule has 0 aliphatic carbocycles. The Balaban J connectivity index is 1.49. The van der Waals surface area contributed by atoms with Crippen molar-refractivity contribution in [2.24, 2.45) is 0 Å². The number of phenols is 1. The maximum Gasteiger partial charge on any atom is 0.255 e. The van der Waals surface area contributed by atoms with Gasteiger partial charge in [0, 0.05) is 11.3 Å². The van der Waals surface area contributed by atoms with E-state index >= 15 is 0 Å². The molecule has 162 valence electrons. The molecule has 0 aliphatic heterocycles. The van der Waals surface area contributed by atoms with Crippen molar-refractivity contribution < 1.29 is 14.6 Å². The fourth-order valence-electron chi connectivity index (χ4n) is 3.38. The smallest absolute Gasteiger partial charge is 0.255 e. The van der Waals surface area contributed by atoms with E-state index < -0.39 is 0 Å². The Morgan fingerprint density at radius 2 is 1.35 bits per heavy atom. The molecule has 0 spiro atoms. The van der Waals surface area contributed by atoms with Crippen LogP contribution < -0.4 is 10.1 Å². The molecular formula is C27H31NO3. The first kappa shape index (κ1) is 22.4. The zero-order valence-electron chi connectivity index (χ0n) is 18.1. The third kappa shape index (κ3) is 7.18. The van der Waals surface area contributed by atoms with Crippen molar-refractivity contribution in [3.8, 4) is 22.6 Å². The number of amides is 1. The molecule has 0 bridgehead atoms. The molecule has 3 aromatic carbocycles. The normalized spacial score (nSPS) is 10.6. The van der Waals surface area contributed by atoms with Crippen molar-refractivity contribution in [3.05, 3.63) is 78.4 Å². The Bertz CT molecular complexity index is 932. The van der Waals surface area contributed by atoms with E-state index in [0.717, 1.165) is 29.9 Å². The molecule has 0 saturated heterocycles. The molecular weight excluding hydrogens is 386 g/mol. The highest BCUT2D eigenvalue weighted by Crippen LogP contribution is 2.23. The summed E-state index contributed by atoms with van der Waals surface area (Å²) in [5.74, 6) is 0.874. The van der Waals surface area contributed by atoms with Crippen LogP contribution in [0.3, 0.4) is 0 Å². The summed E-state index contributed by atoms with van der Waals surface area (Å²) in [5, 5.41) is 12.2. The van der Waals surface area contributed by atoms with Gasteiger partial charge in [0.15, 0.2) is 0 Å². The number of anilines is 1. The Morgan fingerprint density at radius 3 is 2.00 bits per heavy atom. The predicted octanol–water partition coefficient (Wildman–Crippen LogP) is 7.05. The number of hydrogen-bond donors (Lipinski definition) is 2. The monoisotopic (exact) mass is 417 g/mol. The van der Waals surface area contributed by atoms with E-state index in [1.54, 1.807) is 24.3 Å². The number of hydrogen-bond acceptors (Lipinski definition) is 3. The fraction of sp³-hybridized carbons (Fsp3) is 0.296. The topological polar surface area (TPSA) is 58.6 Å². The summed E-state index contributed by atoms with van der Waals surface area (Å²) in [7, 11) is 0. The van der Waals surface area contributed by atoms with Crippen LogP contribution in [0.5, 0.6) is 11.5 Å². The average Bonchev–Trinajstić information content (AvgIpc) is 2.80. The van der Waals surface area contributed by atoms with Crippen LogP contribution in [-0.2, 0) is 0 Å². The summed E-state index contributed by atoms with van der Waals surface area (Å²) < 4.78 is 5.85. The second-order valence-electron chi connectivity index (χ2n) is 7.72. The SMILES string of the molecule is CCCCCCCCOc1ccc(-c2ccc(C(=O)Nc3ccc(O)cc3)cc2)cc1. The van der Waals surface area contributed by atoms with E-state index in [1.807, 2.05) is 48.5 Å². The van der Waals surface area contributed by atoms with Gasteiger partial charge in [0.1, 0.15) is 11.5 Å². The third-order valence-electron chi connectivity index (χ3n) is 5.23. The number of ether oxygens (including phenoxy) is 1. The van der Waals surface area contributed by atoms with Crippen molar-refractivity contribution in [1.82, 2.24) is 0 Å². The number of carbonyl (C=O) groups excluding carboxylic acids is 1. The van der Waals surface area contributed by atoms with Gasteiger partial charge in [-0.3, -0.25) is 4.79 Å². The molecule has 0 aliphatic rings. The van der Waals surface area contributed by atoms with Crippen molar-refractivity contribution >= 4 is 11.6 Å². The Kier molecular flexibility index (Phi) is 8.53. The number of aromatic hydroxyl groups is 1. The number of rotatable bonds is 11. The summed E-state index contributed by atoms with van der Waals surface area (Å²) in [5.41, 5.74) is 3.35. The highest BCUT2D eigenvalue weighted by atomic mass is 16.5. The van der Waals surface area contributed by atoms with E-state index in [2.05, 4.69) is 12.2 Å². The number of nitrogens with one attached hydrogen (secondary N) is 1. The summed E-state index contributed by atoms with van der Waals surface area (Å²) in [6.45, 7) is 2.99. The number of benzene rings is 3. The summed E-state index contributed by atoms with van der Waals surface area (Å²) in [6.07, 6.45) is 7.54. The van der Waals surface area contributed by atoms with Crippen molar-refractivity contribution in [1.29, 1.82) is 0 Å². The summed E-state index contributed by atoms with van der Waals surface area (Å²) >= 11 is 0. The van der Waals surface area contributed by atoms with E-state index in [1.165, 1.54) is 32.1 Å². The van der Waals surface area contributed by atoms with Crippen LogP contribution in [0.25, 0.3) is 11.1 Å². The Hall–Kier alpha value is -3.27. The van der Waals surface area contributed by atoms with Gasteiger partial charge >= 0.3 is 0 Å². The second-order valence-corrected chi connectivity index (χ2v) is 7.72. The van der Waals surface area contributed by atoms with Crippen LogP contribution in [-0.4, -0.2) is 17.6 Å². The molecule has 0 fully saturated rings. The van der Waals surface area contributed by atoms with Crippen LogP contribution in [0.1, 0.15) is 55.8 Å². The fourth-order valence-corrected chi connectivity index (χ4v) is 3.38. The summed E-state index contributed by atoms with van der Waals surface area (Å²) in [6, 6.07) is 22.0. The number of phenolic OH excluding ortho intramolecular Hbond substituents is 1. The van der Waals surface area contributed by atoms with Gasteiger partial charge < -0.3 is 15.2 Å². The van der Waals surface area contributed by atoms with Crippen molar-refractivity contribution in [2.45, 2.75) is 45.4 Å². The van der Waals surface area contributed by atoms with Crippen molar-refractivity contribution in [2.75, 3.05) is 11.9 Å². The second kappa shape index (κ2) is 11.8. The highest BCUT2D eigenvalue weighted by molar-refractivity contribution is 6.04. The van der Waals surface area contributed by atoms with Gasteiger partial charge in [-0.25, -0.2) is 0 Å².